The number of aliphatic imine (C=N–C) groups is 1. The van der Waals surface area contributed by atoms with E-state index < -0.39 is 0 Å². The average Bonchev–Trinajstić information content (AvgIpc) is 3.27. The maximum absolute atomic E-state index is 5.41. The van der Waals surface area contributed by atoms with Crippen LogP contribution in [-0.2, 0) is 6.54 Å². The highest BCUT2D eigenvalue weighted by Crippen LogP contribution is 2.31. The Morgan fingerprint density at radius 2 is 2.15 bits per heavy atom. The van der Waals surface area contributed by atoms with Crippen LogP contribution in [0.4, 0.5) is 0 Å². The third kappa shape index (κ3) is 4.44. The zero-order valence-electron chi connectivity index (χ0n) is 12.7. The molecule has 0 radical (unpaired) electrons. The van der Waals surface area contributed by atoms with Crippen LogP contribution in [0.25, 0.3) is 0 Å². The molecular formula is C16H25N3O. The van der Waals surface area contributed by atoms with Crippen molar-refractivity contribution in [3.63, 3.8) is 0 Å². The van der Waals surface area contributed by atoms with E-state index in [0.717, 1.165) is 29.7 Å². The van der Waals surface area contributed by atoms with Gasteiger partial charge in [0.05, 0.1) is 7.11 Å². The molecule has 0 bridgehead atoms. The van der Waals surface area contributed by atoms with Crippen LogP contribution in [0.3, 0.4) is 0 Å². The molecule has 20 heavy (non-hydrogen) atoms. The third-order valence-electron chi connectivity index (χ3n) is 3.65. The molecule has 0 amide bonds. The monoisotopic (exact) mass is 275 g/mol. The normalized spacial score (nSPS) is 15.1. The van der Waals surface area contributed by atoms with Crippen molar-refractivity contribution in [2.45, 2.75) is 32.7 Å². The van der Waals surface area contributed by atoms with E-state index in [0.29, 0.717) is 6.54 Å². The van der Waals surface area contributed by atoms with Crippen molar-refractivity contribution in [1.82, 2.24) is 10.6 Å². The molecule has 4 heteroatoms. The number of hydrogen-bond donors (Lipinski definition) is 2. The molecule has 1 aromatic rings. The quantitative estimate of drug-likeness (QED) is 0.619. The summed E-state index contributed by atoms with van der Waals surface area (Å²) in [5, 5.41) is 6.69. The van der Waals surface area contributed by atoms with Gasteiger partial charge in [-0.3, -0.25) is 4.99 Å². The van der Waals surface area contributed by atoms with E-state index >= 15 is 0 Å². The number of nitrogens with one attached hydrogen (secondary N) is 2. The van der Waals surface area contributed by atoms with Crippen LogP contribution >= 0.6 is 0 Å². The summed E-state index contributed by atoms with van der Waals surface area (Å²) in [6.45, 7) is 3.78. The van der Waals surface area contributed by atoms with Crippen LogP contribution in [0.5, 0.6) is 5.75 Å². The molecule has 2 rings (SSSR count). The highest BCUT2D eigenvalue weighted by Gasteiger charge is 2.20. The Bertz CT molecular complexity index is 467. The lowest BCUT2D eigenvalue weighted by atomic mass is 10.1. The molecule has 2 N–H and O–H groups in total. The summed E-state index contributed by atoms with van der Waals surface area (Å²) in [6, 6.07) is 6.25. The Balaban J connectivity index is 1.82. The van der Waals surface area contributed by atoms with E-state index in [9.17, 15) is 0 Å². The molecule has 110 valence electrons. The first-order chi connectivity index (χ1) is 9.72. The summed E-state index contributed by atoms with van der Waals surface area (Å²) in [6.07, 6.45) is 4.04. The number of aryl methyl sites for hydroxylation is 1. The first-order valence-electron chi connectivity index (χ1n) is 7.31. The van der Waals surface area contributed by atoms with E-state index in [2.05, 4.69) is 40.7 Å². The summed E-state index contributed by atoms with van der Waals surface area (Å²) in [4.78, 5) is 4.25. The van der Waals surface area contributed by atoms with Crippen molar-refractivity contribution in [3.8, 4) is 5.75 Å². The van der Waals surface area contributed by atoms with E-state index in [1.807, 2.05) is 0 Å². The van der Waals surface area contributed by atoms with Crippen LogP contribution in [-0.4, -0.2) is 26.7 Å². The molecule has 0 aromatic heterocycles. The molecule has 1 saturated carbocycles. The summed E-state index contributed by atoms with van der Waals surface area (Å²) in [5.41, 5.74) is 2.35. The van der Waals surface area contributed by atoms with Crippen LogP contribution in [0.2, 0.25) is 0 Å². The van der Waals surface area contributed by atoms with Crippen LogP contribution in [0, 0.1) is 12.8 Å². The van der Waals surface area contributed by atoms with Gasteiger partial charge < -0.3 is 15.4 Å². The molecule has 1 aromatic carbocycles. The highest BCUT2D eigenvalue weighted by molar-refractivity contribution is 5.79. The second kappa shape index (κ2) is 7.17. The molecule has 0 atom stereocenters. The van der Waals surface area contributed by atoms with Gasteiger partial charge in [0.25, 0.3) is 0 Å². The number of nitrogens with zero attached hydrogens (tertiary/aromatic N) is 1. The largest absolute Gasteiger partial charge is 0.496 e. The predicted molar refractivity (Wildman–Crippen MR) is 83.3 cm³/mol. The van der Waals surface area contributed by atoms with Gasteiger partial charge in [-0.15, -0.1) is 0 Å². The van der Waals surface area contributed by atoms with E-state index in [-0.39, 0.29) is 0 Å². The fourth-order valence-electron chi connectivity index (χ4n) is 2.20. The van der Waals surface area contributed by atoms with Crippen LogP contribution < -0.4 is 15.4 Å². The van der Waals surface area contributed by atoms with E-state index in [1.54, 1.807) is 14.2 Å². The lowest BCUT2D eigenvalue weighted by molar-refractivity contribution is 0.408. The van der Waals surface area contributed by atoms with Gasteiger partial charge in [0, 0.05) is 25.7 Å². The summed E-state index contributed by atoms with van der Waals surface area (Å²) in [7, 11) is 3.51. The van der Waals surface area contributed by atoms with Gasteiger partial charge in [0.2, 0.25) is 0 Å². The molecular weight excluding hydrogens is 250 g/mol. The van der Waals surface area contributed by atoms with Crippen molar-refractivity contribution in [3.05, 3.63) is 29.3 Å². The number of rotatable bonds is 6. The first-order valence-corrected chi connectivity index (χ1v) is 7.31. The van der Waals surface area contributed by atoms with Crippen molar-refractivity contribution < 1.29 is 4.74 Å². The van der Waals surface area contributed by atoms with Gasteiger partial charge in [-0.2, -0.15) is 0 Å². The lowest BCUT2D eigenvalue weighted by Crippen LogP contribution is -2.37. The zero-order valence-corrected chi connectivity index (χ0v) is 12.7. The Morgan fingerprint density at radius 3 is 2.80 bits per heavy atom. The molecule has 1 aliphatic rings. The third-order valence-corrected chi connectivity index (χ3v) is 3.65. The number of ether oxygens (including phenoxy) is 1. The summed E-state index contributed by atoms with van der Waals surface area (Å²) < 4.78 is 5.41. The maximum atomic E-state index is 5.41. The Morgan fingerprint density at radius 1 is 1.35 bits per heavy atom. The van der Waals surface area contributed by atoms with Gasteiger partial charge in [0.15, 0.2) is 5.96 Å². The molecule has 0 aliphatic heterocycles. The number of guanidine groups is 1. The van der Waals surface area contributed by atoms with Crippen molar-refractivity contribution in [1.29, 1.82) is 0 Å². The topological polar surface area (TPSA) is 45.7 Å². The molecule has 0 heterocycles. The smallest absolute Gasteiger partial charge is 0.191 e. The van der Waals surface area contributed by atoms with Crippen molar-refractivity contribution in [2.24, 2.45) is 10.9 Å². The fourth-order valence-corrected chi connectivity index (χ4v) is 2.20. The number of benzene rings is 1. The average molecular weight is 275 g/mol. The Kier molecular flexibility index (Phi) is 5.27. The van der Waals surface area contributed by atoms with Crippen molar-refractivity contribution >= 4 is 5.96 Å². The standard InChI is InChI=1S/C16H25N3O/c1-12-4-7-14(15(10-12)20-3)11-19-16(17-2)18-9-8-13-5-6-13/h4,7,10,13H,5-6,8-9,11H2,1-3H3,(H2,17,18,19). The molecule has 1 aliphatic carbocycles. The maximum Gasteiger partial charge on any atom is 0.191 e. The van der Waals surface area contributed by atoms with E-state index in [1.165, 1.54) is 24.8 Å². The molecule has 4 nitrogen and oxygen atoms in total. The minimum absolute atomic E-state index is 0.715. The molecule has 1 fully saturated rings. The Labute approximate surface area is 121 Å². The summed E-state index contributed by atoms with van der Waals surface area (Å²) in [5.74, 6) is 2.72. The highest BCUT2D eigenvalue weighted by atomic mass is 16.5. The van der Waals surface area contributed by atoms with Gasteiger partial charge in [-0.25, -0.2) is 0 Å². The number of methoxy groups -OCH3 is 1. The van der Waals surface area contributed by atoms with Crippen LogP contribution in [0.15, 0.2) is 23.2 Å². The zero-order chi connectivity index (χ0) is 14.4. The second-order valence-electron chi connectivity index (χ2n) is 5.40. The van der Waals surface area contributed by atoms with Gasteiger partial charge in [0.1, 0.15) is 5.75 Å². The minimum Gasteiger partial charge on any atom is -0.496 e. The van der Waals surface area contributed by atoms with Gasteiger partial charge in [-0.1, -0.05) is 25.0 Å². The van der Waals surface area contributed by atoms with Crippen molar-refractivity contribution in [2.75, 3.05) is 20.7 Å². The Hall–Kier alpha value is -1.71. The molecule has 0 unspecified atom stereocenters. The number of hydrogen-bond acceptors (Lipinski definition) is 2. The van der Waals surface area contributed by atoms with Gasteiger partial charge in [-0.05, 0) is 30.9 Å². The predicted octanol–water partition coefficient (Wildman–Crippen LogP) is 2.47. The molecule has 0 saturated heterocycles. The summed E-state index contributed by atoms with van der Waals surface area (Å²) >= 11 is 0. The SMILES string of the molecule is CN=C(NCCC1CC1)NCc1ccc(C)cc1OC. The van der Waals surface area contributed by atoms with Crippen LogP contribution in [0.1, 0.15) is 30.4 Å². The van der Waals surface area contributed by atoms with E-state index in [4.69, 9.17) is 4.74 Å². The molecule has 0 spiro atoms. The fraction of sp³-hybridized carbons (Fsp3) is 0.562. The van der Waals surface area contributed by atoms with Gasteiger partial charge >= 0.3 is 0 Å². The first kappa shape index (κ1) is 14.7. The second-order valence-corrected chi connectivity index (χ2v) is 5.40. The minimum atomic E-state index is 0.715. The lowest BCUT2D eigenvalue weighted by Gasteiger charge is -2.14.